The summed E-state index contributed by atoms with van der Waals surface area (Å²) in [4.78, 5) is 0. The van der Waals surface area contributed by atoms with Crippen molar-refractivity contribution in [1.82, 2.24) is 5.32 Å². The molecule has 0 spiro atoms. The summed E-state index contributed by atoms with van der Waals surface area (Å²) in [6.45, 7) is 4.86. The molecule has 0 bridgehead atoms. The first-order chi connectivity index (χ1) is 16.2. The summed E-state index contributed by atoms with van der Waals surface area (Å²) in [5.41, 5.74) is 4.57. The first-order valence-electron chi connectivity index (χ1n) is 11.2. The van der Waals surface area contributed by atoms with E-state index in [1.165, 1.54) is 22.7 Å². The molecule has 1 aromatic heterocycles. The van der Waals surface area contributed by atoms with Crippen LogP contribution < -0.4 is 9.62 Å². The van der Waals surface area contributed by atoms with Gasteiger partial charge in [-0.25, -0.2) is 12.8 Å². The second-order valence-corrected chi connectivity index (χ2v) is 10.8. The molecular formula is C27H29FN2O3S. The lowest BCUT2D eigenvalue weighted by Gasteiger charge is -2.27. The van der Waals surface area contributed by atoms with Crippen LogP contribution in [0.15, 0.2) is 71.1 Å². The van der Waals surface area contributed by atoms with Crippen molar-refractivity contribution in [3.63, 3.8) is 0 Å². The van der Waals surface area contributed by atoms with Gasteiger partial charge in [0.15, 0.2) is 0 Å². The molecule has 0 amide bonds. The predicted octanol–water partition coefficient (Wildman–Crippen LogP) is 6.05. The molecule has 0 fully saturated rings. The minimum Gasteiger partial charge on any atom is -0.456 e. The van der Waals surface area contributed by atoms with Crippen molar-refractivity contribution in [2.24, 2.45) is 5.92 Å². The quantitative estimate of drug-likeness (QED) is 0.334. The number of fused-ring (bicyclic) bond motifs is 1. The molecule has 4 rings (SSSR count). The molecular weight excluding hydrogens is 451 g/mol. The van der Waals surface area contributed by atoms with Gasteiger partial charge in [-0.3, -0.25) is 4.31 Å². The molecule has 0 aliphatic rings. The standard InChI is InChI=1S/C27H29FN2O3S/c1-18(2)17-30(34(4,31)32)25-15-26-23(14-22(25)19-8-6-5-7-9-19)24(16-29-3)27(33-26)20-10-12-21(28)13-11-20/h5-15,18,29H,16-17H2,1-4H3. The molecule has 0 saturated carbocycles. The van der Waals surface area contributed by atoms with Gasteiger partial charge in [-0.15, -0.1) is 0 Å². The van der Waals surface area contributed by atoms with E-state index >= 15 is 0 Å². The number of rotatable bonds is 8. The van der Waals surface area contributed by atoms with Gasteiger partial charge < -0.3 is 9.73 Å². The summed E-state index contributed by atoms with van der Waals surface area (Å²) >= 11 is 0. The number of sulfonamides is 1. The fourth-order valence-electron chi connectivity index (χ4n) is 4.17. The first kappa shape index (κ1) is 24.0. The second kappa shape index (κ2) is 9.60. The number of furan rings is 1. The molecule has 0 aliphatic carbocycles. The van der Waals surface area contributed by atoms with E-state index in [1.807, 2.05) is 63.4 Å². The Morgan fingerprint density at radius 3 is 2.26 bits per heavy atom. The van der Waals surface area contributed by atoms with E-state index in [9.17, 15) is 12.8 Å². The topological polar surface area (TPSA) is 62.6 Å². The van der Waals surface area contributed by atoms with Gasteiger partial charge in [0.25, 0.3) is 0 Å². The highest BCUT2D eigenvalue weighted by molar-refractivity contribution is 7.92. The van der Waals surface area contributed by atoms with E-state index in [4.69, 9.17) is 4.42 Å². The largest absolute Gasteiger partial charge is 0.456 e. The van der Waals surface area contributed by atoms with Crippen molar-refractivity contribution < 1.29 is 17.2 Å². The summed E-state index contributed by atoms with van der Waals surface area (Å²) in [6, 6.07) is 19.7. The van der Waals surface area contributed by atoms with Crippen LogP contribution in [0, 0.1) is 11.7 Å². The molecule has 1 heterocycles. The van der Waals surface area contributed by atoms with Crippen molar-refractivity contribution in [2.45, 2.75) is 20.4 Å². The van der Waals surface area contributed by atoms with Crippen LogP contribution in [0.2, 0.25) is 0 Å². The maximum atomic E-state index is 13.5. The normalized spacial score (nSPS) is 11.9. The third kappa shape index (κ3) is 4.86. The minimum atomic E-state index is -3.54. The average molecular weight is 481 g/mol. The van der Waals surface area contributed by atoms with Crippen LogP contribution in [-0.2, 0) is 16.6 Å². The Hall–Kier alpha value is -3.16. The van der Waals surface area contributed by atoms with E-state index in [2.05, 4.69) is 5.32 Å². The summed E-state index contributed by atoms with van der Waals surface area (Å²) in [5.74, 6) is 0.441. The Bertz CT molecular complexity index is 1400. The van der Waals surface area contributed by atoms with Crippen molar-refractivity contribution in [1.29, 1.82) is 0 Å². The number of benzene rings is 3. The number of hydrogen-bond donors (Lipinski definition) is 1. The summed E-state index contributed by atoms with van der Waals surface area (Å²) < 4.78 is 47.0. The van der Waals surface area contributed by atoms with Crippen LogP contribution in [0.4, 0.5) is 10.1 Å². The predicted molar refractivity (Wildman–Crippen MR) is 137 cm³/mol. The lowest BCUT2D eigenvalue weighted by molar-refractivity contribution is 0.583. The molecule has 4 aromatic rings. The van der Waals surface area contributed by atoms with Crippen LogP contribution in [-0.4, -0.2) is 28.3 Å². The van der Waals surface area contributed by atoms with Crippen molar-refractivity contribution in [3.8, 4) is 22.5 Å². The molecule has 3 aromatic carbocycles. The molecule has 178 valence electrons. The van der Waals surface area contributed by atoms with Crippen molar-refractivity contribution >= 4 is 26.7 Å². The maximum absolute atomic E-state index is 13.5. The lowest BCUT2D eigenvalue weighted by atomic mass is 9.98. The van der Waals surface area contributed by atoms with Gasteiger partial charge in [0.05, 0.1) is 11.9 Å². The van der Waals surface area contributed by atoms with Crippen LogP contribution in [0.5, 0.6) is 0 Å². The van der Waals surface area contributed by atoms with Gasteiger partial charge in [-0.2, -0.15) is 0 Å². The van der Waals surface area contributed by atoms with E-state index in [1.54, 1.807) is 12.1 Å². The fourth-order valence-corrected chi connectivity index (χ4v) is 5.25. The van der Waals surface area contributed by atoms with Crippen molar-refractivity contribution in [2.75, 3.05) is 24.2 Å². The molecule has 1 N–H and O–H groups in total. The molecule has 0 atom stereocenters. The maximum Gasteiger partial charge on any atom is 0.232 e. The SMILES string of the molecule is CNCc1c(-c2ccc(F)cc2)oc2cc(N(CC(C)C)S(C)(=O)=O)c(-c3ccccc3)cc12. The average Bonchev–Trinajstić information content (AvgIpc) is 3.14. The van der Waals surface area contributed by atoms with Gasteiger partial charge in [0, 0.05) is 41.2 Å². The Labute approximate surface area is 200 Å². The molecule has 0 unspecified atom stereocenters. The van der Waals surface area contributed by atoms with Crippen LogP contribution in [0.25, 0.3) is 33.4 Å². The molecule has 0 radical (unpaired) electrons. The highest BCUT2D eigenvalue weighted by atomic mass is 32.2. The van der Waals surface area contributed by atoms with Gasteiger partial charge in [0.2, 0.25) is 10.0 Å². The van der Waals surface area contributed by atoms with E-state index in [-0.39, 0.29) is 11.7 Å². The van der Waals surface area contributed by atoms with Crippen molar-refractivity contribution in [3.05, 3.63) is 78.1 Å². The highest BCUT2D eigenvalue weighted by Gasteiger charge is 2.25. The zero-order valence-corrected chi connectivity index (χ0v) is 20.6. The molecule has 0 aliphatic heterocycles. The van der Waals surface area contributed by atoms with Gasteiger partial charge in [0.1, 0.15) is 17.2 Å². The molecule has 7 heteroatoms. The third-order valence-electron chi connectivity index (χ3n) is 5.65. The molecule has 34 heavy (non-hydrogen) atoms. The van der Waals surface area contributed by atoms with E-state index in [0.717, 1.165) is 27.6 Å². The lowest BCUT2D eigenvalue weighted by Crippen LogP contribution is -2.33. The van der Waals surface area contributed by atoms with Gasteiger partial charge in [-0.05, 0) is 48.9 Å². The number of anilines is 1. The Balaban J connectivity index is 2.04. The second-order valence-electron chi connectivity index (χ2n) is 8.87. The van der Waals surface area contributed by atoms with Crippen LogP contribution >= 0.6 is 0 Å². The summed E-state index contributed by atoms with van der Waals surface area (Å²) in [6.07, 6.45) is 1.23. The molecule has 0 saturated heterocycles. The van der Waals surface area contributed by atoms with E-state index in [0.29, 0.717) is 30.1 Å². The monoisotopic (exact) mass is 480 g/mol. The highest BCUT2D eigenvalue weighted by Crippen LogP contribution is 2.41. The Kier molecular flexibility index (Phi) is 6.77. The fraction of sp³-hybridized carbons (Fsp3) is 0.259. The Morgan fingerprint density at radius 2 is 1.68 bits per heavy atom. The zero-order chi connectivity index (χ0) is 24.5. The van der Waals surface area contributed by atoms with Gasteiger partial charge >= 0.3 is 0 Å². The number of halogens is 1. The number of hydrogen-bond acceptors (Lipinski definition) is 4. The summed E-state index contributed by atoms with van der Waals surface area (Å²) in [7, 11) is -1.69. The third-order valence-corrected chi connectivity index (χ3v) is 6.80. The summed E-state index contributed by atoms with van der Waals surface area (Å²) in [5, 5.41) is 4.07. The van der Waals surface area contributed by atoms with Crippen LogP contribution in [0.1, 0.15) is 19.4 Å². The molecule has 5 nitrogen and oxygen atoms in total. The van der Waals surface area contributed by atoms with Gasteiger partial charge in [-0.1, -0.05) is 44.2 Å². The first-order valence-corrected chi connectivity index (χ1v) is 13.1. The Morgan fingerprint density at radius 1 is 1.00 bits per heavy atom. The van der Waals surface area contributed by atoms with E-state index < -0.39 is 10.0 Å². The number of nitrogens with one attached hydrogen (secondary N) is 1. The van der Waals surface area contributed by atoms with Crippen LogP contribution in [0.3, 0.4) is 0 Å². The smallest absolute Gasteiger partial charge is 0.232 e. The minimum absolute atomic E-state index is 0.125. The number of nitrogens with zero attached hydrogens (tertiary/aromatic N) is 1. The zero-order valence-electron chi connectivity index (χ0n) is 19.8.